The van der Waals surface area contributed by atoms with Crippen molar-refractivity contribution in [2.75, 3.05) is 27.2 Å². The summed E-state index contributed by atoms with van der Waals surface area (Å²) in [5.41, 5.74) is 1.10. The zero-order valence-electron chi connectivity index (χ0n) is 9.73. The molecule has 0 aliphatic carbocycles. The average Bonchev–Trinajstić information content (AvgIpc) is 2.20. The Morgan fingerprint density at radius 3 is 2.50 bits per heavy atom. The molecule has 0 heterocycles. The number of hydrogen-bond donors (Lipinski definition) is 2. The predicted molar refractivity (Wildman–Crippen MR) is 63.4 cm³/mol. The van der Waals surface area contributed by atoms with Crippen LogP contribution in [-0.4, -0.2) is 43.1 Å². The highest BCUT2D eigenvalue weighted by atomic mass is 16.3. The summed E-state index contributed by atoms with van der Waals surface area (Å²) >= 11 is 0. The van der Waals surface area contributed by atoms with Crippen LogP contribution >= 0.6 is 0 Å². The van der Waals surface area contributed by atoms with E-state index in [9.17, 15) is 4.79 Å². The Kier molecular flexibility index (Phi) is 4.79. The van der Waals surface area contributed by atoms with Crippen LogP contribution in [0.4, 0.5) is 0 Å². The topological polar surface area (TPSA) is 52.6 Å². The summed E-state index contributed by atoms with van der Waals surface area (Å²) in [4.78, 5) is 13.1. The van der Waals surface area contributed by atoms with E-state index in [4.69, 9.17) is 5.11 Å². The lowest BCUT2D eigenvalue weighted by Gasteiger charge is -2.09. The maximum Gasteiger partial charge on any atom is 0.234 e. The predicted octanol–water partition coefficient (Wildman–Crippen LogP) is 0.612. The van der Waals surface area contributed by atoms with E-state index in [0.717, 1.165) is 12.0 Å². The van der Waals surface area contributed by atoms with Crippen LogP contribution in [0.1, 0.15) is 5.56 Å². The fourth-order valence-corrected chi connectivity index (χ4v) is 1.35. The Morgan fingerprint density at radius 2 is 1.94 bits per heavy atom. The molecule has 0 atom stereocenters. The maximum absolute atomic E-state index is 11.3. The largest absolute Gasteiger partial charge is 0.508 e. The molecular formula is C12H18N2O2. The molecule has 0 aromatic heterocycles. The first-order valence-corrected chi connectivity index (χ1v) is 5.27. The van der Waals surface area contributed by atoms with Crippen molar-refractivity contribution in [2.24, 2.45) is 0 Å². The summed E-state index contributed by atoms with van der Waals surface area (Å²) < 4.78 is 0. The van der Waals surface area contributed by atoms with E-state index in [2.05, 4.69) is 5.32 Å². The van der Waals surface area contributed by atoms with Crippen LogP contribution < -0.4 is 5.32 Å². The minimum atomic E-state index is 0.0313. The maximum atomic E-state index is 11.3. The van der Waals surface area contributed by atoms with Gasteiger partial charge in [-0.2, -0.15) is 0 Å². The first-order valence-electron chi connectivity index (χ1n) is 5.27. The molecule has 0 unspecified atom stereocenters. The van der Waals surface area contributed by atoms with Gasteiger partial charge in [-0.25, -0.2) is 0 Å². The highest BCUT2D eigenvalue weighted by Gasteiger charge is 2.01. The molecule has 4 heteroatoms. The number of nitrogens with one attached hydrogen (secondary N) is 1. The molecule has 1 aromatic rings. The molecule has 0 saturated carbocycles. The Labute approximate surface area is 95.9 Å². The summed E-state index contributed by atoms with van der Waals surface area (Å²) in [5.74, 6) is 0.296. The zero-order chi connectivity index (χ0) is 12.0. The van der Waals surface area contributed by atoms with Crippen molar-refractivity contribution in [1.29, 1.82) is 0 Å². The van der Waals surface area contributed by atoms with E-state index >= 15 is 0 Å². The Hall–Kier alpha value is -1.55. The second-order valence-electron chi connectivity index (χ2n) is 4.00. The van der Waals surface area contributed by atoms with Crippen LogP contribution in [0, 0.1) is 0 Å². The number of carbonyl (C=O) groups excluding carboxylic acids is 1. The Morgan fingerprint density at radius 1 is 1.31 bits per heavy atom. The second-order valence-corrected chi connectivity index (χ2v) is 4.00. The van der Waals surface area contributed by atoms with Crippen molar-refractivity contribution in [3.05, 3.63) is 29.8 Å². The molecule has 2 N–H and O–H groups in total. The van der Waals surface area contributed by atoms with Gasteiger partial charge in [0.2, 0.25) is 5.91 Å². The third-order valence-corrected chi connectivity index (χ3v) is 2.13. The van der Waals surface area contributed by atoms with E-state index in [1.165, 1.54) is 0 Å². The molecule has 1 aromatic carbocycles. The summed E-state index contributed by atoms with van der Waals surface area (Å²) in [6.45, 7) is 1.03. The van der Waals surface area contributed by atoms with Gasteiger partial charge in [0, 0.05) is 6.54 Å². The molecule has 16 heavy (non-hydrogen) atoms. The van der Waals surface area contributed by atoms with Crippen LogP contribution in [0.2, 0.25) is 0 Å². The average molecular weight is 222 g/mol. The molecule has 0 spiro atoms. The third-order valence-electron chi connectivity index (χ3n) is 2.13. The number of amides is 1. The summed E-state index contributed by atoms with van der Waals surface area (Å²) in [7, 11) is 3.72. The van der Waals surface area contributed by atoms with Crippen molar-refractivity contribution in [1.82, 2.24) is 10.2 Å². The summed E-state index contributed by atoms with van der Waals surface area (Å²) in [5, 5.41) is 11.9. The molecule has 0 fully saturated rings. The van der Waals surface area contributed by atoms with Crippen LogP contribution in [0.25, 0.3) is 0 Å². The minimum Gasteiger partial charge on any atom is -0.508 e. The van der Waals surface area contributed by atoms with Crippen molar-refractivity contribution in [3.63, 3.8) is 0 Å². The molecule has 0 aliphatic rings. The third kappa shape index (κ3) is 4.79. The standard InChI is InChI=1S/C12H18N2O2/c1-14(2)9-12(16)13-8-7-10-3-5-11(15)6-4-10/h3-6,15H,7-9H2,1-2H3,(H,13,16). The number of aromatic hydroxyl groups is 1. The number of phenolic OH excluding ortho intramolecular Hbond substituents is 1. The minimum absolute atomic E-state index is 0.0313. The first-order chi connectivity index (χ1) is 7.58. The van der Waals surface area contributed by atoms with Crippen LogP contribution in [0.3, 0.4) is 0 Å². The number of benzene rings is 1. The van der Waals surface area contributed by atoms with E-state index in [1.807, 2.05) is 31.1 Å². The van der Waals surface area contributed by atoms with E-state index in [-0.39, 0.29) is 11.7 Å². The lowest BCUT2D eigenvalue weighted by atomic mass is 10.1. The van der Waals surface area contributed by atoms with Crippen molar-refractivity contribution in [2.45, 2.75) is 6.42 Å². The molecule has 88 valence electrons. The van der Waals surface area contributed by atoms with Crippen molar-refractivity contribution >= 4 is 5.91 Å². The zero-order valence-corrected chi connectivity index (χ0v) is 9.73. The smallest absolute Gasteiger partial charge is 0.234 e. The molecular weight excluding hydrogens is 204 g/mol. The van der Waals surface area contributed by atoms with Gasteiger partial charge >= 0.3 is 0 Å². The van der Waals surface area contributed by atoms with Gasteiger partial charge in [0.05, 0.1) is 6.54 Å². The molecule has 1 amide bonds. The van der Waals surface area contributed by atoms with Gasteiger partial charge in [0.25, 0.3) is 0 Å². The summed E-state index contributed by atoms with van der Waals surface area (Å²) in [6.07, 6.45) is 0.777. The molecule has 0 aliphatic heterocycles. The Bertz CT molecular complexity index is 333. The Balaban J connectivity index is 2.25. The van der Waals surface area contributed by atoms with Gasteiger partial charge in [0.15, 0.2) is 0 Å². The summed E-state index contributed by atoms with van der Waals surface area (Å²) in [6, 6.07) is 7.01. The number of rotatable bonds is 5. The number of phenols is 1. The van der Waals surface area contributed by atoms with Gasteiger partial charge in [-0.15, -0.1) is 0 Å². The SMILES string of the molecule is CN(C)CC(=O)NCCc1ccc(O)cc1. The molecule has 0 bridgehead atoms. The lowest BCUT2D eigenvalue weighted by molar-refractivity contribution is -0.121. The fourth-order valence-electron chi connectivity index (χ4n) is 1.35. The number of hydrogen-bond acceptors (Lipinski definition) is 3. The monoisotopic (exact) mass is 222 g/mol. The van der Waals surface area contributed by atoms with Gasteiger partial charge in [-0.3, -0.25) is 4.79 Å². The van der Waals surface area contributed by atoms with Gasteiger partial charge < -0.3 is 15.3 Å². The molecule has 0 saturated heterocycles. The van der Waals surface area contributed by atoms with Crippen LogP contribution in [0.5, 0.6) is 5.75 Å². The van der Waals surface area contributed by atoms with Crippen molar-refractivity contribution in [3.8, 4) is 5.75 Å². The van der Waals surface area contributed by atoms with Gasteiger partial charge in [-0.05, 0) is 38.2 Å². The highest BCUT2D eigenvalue weighted by molar-refractivity contribution is 5.77. The van der Waals surface area contributed by atoms with Gasteiger partial charge in [-0.1, -0.05) is 12.1 Å². The first kappa shape index (κ1) is 12.5. The van der Waals surface area contributed by atoms with E-state index in [0.29, 0.717) is 13.1 Å². The molecule has 0 radical (unpaired) electrons. The normalized spacial score (nSPS) is 10.4. The molecule has 1 rings (SSSR count). The quantitative estimate of drug-likeness (QED) is 0.767. The van der Waals surface area contributed by atoms with Crippen LogP contribution in [0.15, 0.2) is 24.3 Å². The highest BCUT2D eigenvalue weighted by Crippen LogP contribution is 2.09. The number of nitrogens with zero attached hydrogens (tertiary/aromatic N) is 1. The number of carbonyl (C=O) groups is 1. The van der Waals surface area contributed by atoms with Crippen LogP contribution in [-0.2, 0) is 11.2 Å². The van der Waals surface area contributed by atoms with Gasteiger partial charge in [0.1, 0.15) is 5.75 Å². The second kappa shape index (κ2) is 6.12. The van der Waals surface area contributed by atoms with Crippen molar-refractivity contribution < 1.29 is 9.90 Å². The van der Waals surface area contributed by atoms with E-state index < -0.39 is 0 Å². The number of likely N-dealkylation sites (N-methyl/N-ethyl adjacent to an activating group) is 1. The molecule has 4 nitrogen and oxygen atoms in total. The lowest BCUT2D eigenvalue weighted by Crippen LogP contribution is -2.34. The fraction of sp³-hybridized carbons (Fsp3) is 0.417. The van der Waals surface area contributed by atoms with E-state index in [1.54, 1.807) is 12.1 Å².